The summed E-state index contributed by atoms with van der Waals surface area (Å²) in [5.74, 6) is 0.867. The zero-order chi connectivity index (χ0) is 68.2. The average Bonchev–Trinajstić information content (AvgIpc) is 3.44. The molecule has 546 valence electrons. The first-order chi connectivity index (χ1) is 44.2. The number of unbranched alkanes of at least 4 members (excludes halogenated alkanes) is 34. The highest BCUT2D eigenvalue weighted by atomic mass is 31.2. The monoisotopic (exact) mass is 1350 g/mol. The first kappa shape index (κ1) is 90.1. The molecule has 0 spiro atoms. The van der Waals surface area contributed by atoms with Crippen molar-refractivity contribution in [3.8, 4) is 0 Å². The van der Waals surface area contributed by atoms with E-state index in [1.165, 1.54) is 161 Å². The summed E-state index contributed by atoms with van der Waals surface area (Å²) < 4.78 is 68.3. The summed E-state index contributed by atoms with van der Waals surface area (Å²) in [7, 11) is -9.91. The lowest BCUT2D eigenvalue weighted by Crippen LogP contribution is -2.30. The smallest absolute Gasteiger partial charge is 0.462 e. The molecule has 0 saturated heterocycles. The topological polar surface area (TPSA) is 237 Å². The van der Waals surface area contributed by atoms with Gasteiger partial charge < -0.3 is 33.8 Å². The lowest BCUT2D eigenvalue weighted by Gasteiger charge is -2.21. The van der Waals surface area contributed by atoms with E-state index >= 15 is 0 Å². The molecule has 0 aliphatic heterocycles. The van der Waals surface area contributed by atoms with E-state index in [9.17, 15) is 43.2 Å². The van der Waals surface area contributed by atoms with Crippen molar-refractivity contribution in [1.29, 1.82) is 0 Å². The fourth-order valence-corrected chi connectivity index (χ4v) is 12.5. The fourth-order valence-electron chi connectivity index (χ4n) is 11.0. The Hall–Kier alpha value is -1.94. The van der Waals surface area contributed by atoms with Gasteiger partial charge in [-0.25, -0.2) is 9.13 Å². The van der Waals surface area contributed by atoms with Gasteiger partial charge in [0.15, 0.2) is 12.2 Å². The van der Waals surface area contributed by atoms with E-state index in [2.05, 4.69) is 55.4 Å². The maximum atomic E-state index is 13.0. The van der Waals surface area contributed by atoms with E-state index in [0.29, 0.717) is 25.7 Å². The van der Waals surface area contributed by atoms with Crippen LogP contribution in [0.5, 0.6) is 0 Å². The number of hydrogen-bond acceptors (Lipinski definition) is 15. The second kappa shape index (κ2) is 62.6. The summed E-state index contributed by atoms with van der Waals surface area (Å²) in [6.45, 7) is 14.1. The highest BCUT2D eigenvalue weighted by molar-refractivity contribution is 7.47. The Balaban J connectivity index is 5.17. The molecule has 0 rings (SSSR count). The second-order valence-corrected chi connectivity index (χ2v) is 30.7. The molecule has 0 heterocycles. The Kier molecular flexibility index (Phi) is 61.3. The van der Waals surface area contributed by atoms with Gasteiger partial charge in [0.2, 0.25) is 0 Å². The Morgan fingerprint density at radius 1 is 0.304 bits per heavy atom. The van der Waals surface area contributed by atoms with Crippen LogP contribution in [0.15, 0.2) is 0 Å². The normalized spacial score (nSPS) is 14.8. The number of hydrogen-bond donors (Lipinski definition) is 3. The van der Waals surface area contributed by atoms with Crippen molar-refractivity contribution in [2.45, 2.75) is 382 Å². The molecule has 92 heavy (non-hydrogen) atoms. The molecule has 0 radical (unpaired) electrons. The number of aliphatic hydroxyl groups excluding tert-OH is 1. The molecular formula is C73H142O17P2. The van der Waals surface area contributed by atoms with Crippen LogP contribution < -0.4 is 0 Å². The Bertz CT molecular complexity index is 1820. The molecule has 0 aliphatic rings. The SMILES string of the molecule is CCC(C)CCCCCCCCC(=O)OC[C@H](COP(=O)(O)OCC(O)COP(=O)(O)OC[C@@H](COC(=O)CCCCCCCCCCC(C)C)OC(=O)CCCCCCCCC(C)CC)OC(=O)CCCCCCCCCCCCCCCCCCCCC(C)C. The Labute approximate surface area is 562 Å². The largest absolute Gasteiger partial charge is 0.472 e. The summed E-state index contributed by atoms with van der Waals surface area (Å²) in [5, 5.41) is 10.6. The first-order valence-corrected chi connectivity index (χ1v) is 40.8. The number of aliphatic hydroxyl groups is 1. The van der Waals surface area contributed by atoms with Crippen LogP contribution in [-0.2, 0) is 65.4 Å². The third-order valence-corrected chi connectivity index (χ3v) is 19.4. The molecule has 5 unspecified atom stereocenters. The van der Waals surface area contributed by atoms with Gasteiger partial charge in [-0.05, 0) is 49.4 Å². The van der Waals surface area contributed by atoms with E-state index in [1.807, 2.05) is 0 Å². The quantitative estimate of drug-likeness (QED) is 0.0222. The summed E-state index contributed by atoms with van der Waals surface area (Å²) in [6, 6.07) is 0. The predicted molar refractivity (Wildman–Crippen MR) is 372 cm³/mol. The molecular weight excluding hydrogens is 1210 g/mol. The minimum absolute atomic E-state index is 0.102. The Morgan fingerprint density at radius 2 is 0.522 bits per heavy atom. The maximum absolute atomic E-state index is 13.0. The van der Waals surface area contributed by atoms with Crippen molar-refractivity contribution in [2.75, 3.05) is 39.6 Å². The van der Waals surface area contributed by atoms with E-state index < -0.39 is 97.5 Å². The van der Waals surface area contributed by atoms with E-state index in [1.54, 1.807) is 0 Å². The molecule has 0 aliphatic carbocycles. The highest BCUT2D eigenvalue weighted by Crippen LogP contribution is 2.45. The molecule has 0 bridgehead atoms. The maximum Gasteiger partial charge on any atom is 0.472 e. The third-order valence-electron chi connectivity index (χ3n) is 17.5. The van der Waals surface area contributed by atoms with Crippen LogP contribution in [0.3, 0.4) is 0 Å². The minimum Gasteiger partial charge on any atom is -0.462 e. The molecule has 0 aromatic rings. The molecule has 0 amide bonds. The molecule has 19 heteroatoms. The highest BCUT2D eigenvalue weighted by Gasteiger charge is 2.30. The van der Waals surface area contributed by atoms with Gasteiger partial charge in [0.1, 0.15) is 19.3 Å². The van der Waals surface area contributed by atoms with Gasteiger partial charge >= 0.3 is 39.5 Å². The number of rotatable bonds is 70. The van der Waals surface area contributed by atoms with Gasteiger partial charge in [0.05, 0.1) is 26.4 Å². The van der Waals surface area contributed by atoms with Crippen LogP contribution in [-0.4, -0.2) is 96.7 Å². The molecule has 0 aromatic carbocycles. The van der Waals surface area contributed by atoms with E-state index in [0.717, 1.165) is 120 Å². The predicted octanol–water partition coefficient (Wildman–Crippen LogP) is 20.9. The van der Waals surface area contributed by atoms with Crippen LogP contribution >= 0.6 is 15.6 Å². The van der Waals surface area contributed by atoms with Gasteiger partial charge in [0, 0.05) is 25.7 Å². The van der Waals surface area contributed by atoms with Crippen LogP contribution in [0.4, 0.5) is 0 Å². The zero-order valence-electron chi connectivity index (χ0n) is 60.2. The number of ether oxygens (including phenoxy) is 4. The van der Waals surface area contributed by atoms with E-state index in [-0.39, 0.29) is 25.7 Å². The van der Waals surface area contributed by atoms with Crippen LogP contribution in [0.2, 0.25) is 0 Å². The first-order valence-electron chi connectivity index (χ1n) is 37.8. The van der Waals surface area contributed by atoms with Gasteiger partial charge in [0.25, 0.3) is 0 Å². The van der Waals surface area contributed by atoms with Gasteiger partial charge in [-0.15, -0.1) is 0 Å². The summed E-state index contributed by atoms with van der Waals surface area (Å²) in [4.78, 5) is 72.6. The summed E-state index contributed by atoms with van der Waals surface area (Å²) in [5.41, 5.74) is 0. The molecule has 0 fully saturated rings. The van der Waals surface area contributed by atoms with Crippen molar-refractivity contribution >= 4 is 39.5 Å². The van der Waals surface area contributed by atoms with Gasteiger partial charge in [-0.3, -0.25) is 37.3 Å². The lowest BCUT2D eigenvalue weighted by molar-refractivity contribution is -0.161. The van der Waals surface area contributed by atoms with Crippen LogP contribution in [0, 0.1) is 23.7 Å². The Morgan fingerprint density at radius 3 is 0.772 bits per heavy atom. The van der Waals surface area contributed by atoms with Crippen molar-refractivity contribution in [1.82, 2.24) is 0 Å². The number of phosphoric acid groups is 2. The van der Waals surface area contributed by atoms with Crippen molar-refractivity contribution in [3.05, 3.63) is 0 Å². The fraction of sp³-hybridized carbons (Fsp3) is 0.945. The average molecular weight is 1350 g/mol. The zero-order valence-corrected chi connectivity index (χ0v) is 62.0. The molecule has 17 nitrogen and oxygen atoms in total. The molecule has 0 aromatic heterocycles. The number of esters is 4. The van der Waals surface area contributed by atoms with Crippen molar-refractivity contribution in [2.24, 2.45) is 23.7 Å². The second-order valence-electron chi connectivity index (χ2n) is 27.8. The number of carbonyl (C=O) groups is 4. The third kappa shape index (κ3) is 64.1. The van der Waals surface area contributed by atoms with Crippen molar-refractivity contribution < 1.29 is 80.2 Å². The lowest BCUT2D eigenvalue weighted by atomic mass is 10.00. The summed E-state index contributed by atoms with van der Waals surface area (Å²) in [6.07, 6.45) is 46.1. The van der Waals surface area contributed by atoms with E-state index in [4.69, 9.17) is 37.0 Å². The van der Waals surface area contributed by atoms with Crippen LogP contribution in [0.1, 0.15) is 364 Å². The molecule has 3 N–H and O–H groups in total. The van der Waals surface area contributed by atoms with Crippen molar-refractivity contribution in [3.63, 3.8) is 0 Å². The van der Waals surface area contributed by atoms with Crippen LogP contribution in [0.25, 0.3) is 0 Å². The van der Waals surface area contributed by atoms with Gasteiger partial charge in [-0.2, -0.15) is 0 Å². The molecule has 0 saturated carbocycles. The standard InChI is InChI=1S/C73H142O17P2/c1-9-65(7)51-43-35-29-31-38-46-54-71(76)84-60-68(89-72(77)55-47-39-28-22-20-18-16-14-12-11-13-15-17-19-21-25-33-41-49-63(3)4)61-87-91(79,80)85-57-67(74)58-86-92(81,82)88-62-69(90-73(78)56-48-40-32-30-36-44-52-66(8)10-2)59-83-70(75)53-45-37-27-24-23-26-34-42-50-64(5)6/h63-69,74H,9-62H2,1-8H3,(H,79,80)(H,81,82)/t65?,66?,67?,68-,69-/m1/s1. The summed E-state index contributed by atoms with van der Waals surface area (Å²) >= 11 is 0. The minimum atomic E-state index is -4.95. The number of phosphoric ester groups is 2. The number of carbonyl (C=O) groups excluding carboxylic acids is 4. The molecule has 7 atom stereocenters. The van der Waals surface area contributed by atoms with Gasteiger partial charge in [-0.1, -0.05) is 312 Å².